The molecule has 0 unspecified atom stereocenters. The summed E-state index contributed by atoms with van der Waals surface area (Å²) in [5.74, 6) is 0.712. The van der Waals surface area contributed by atoms with Crippen molar-refractivity contribution in [3.63, 3.8) is 0 Å². The van der Waals surface area contributed by atoms with Gasteiger partial charge in [0.05, 0.1) is 10.5 Å². The zero-order valence-corrected chi connectivity index (χ0v) is 16.5. The predicted molar refractivity (Wildman–Crippen MR) is 112 cm³/mol. The molecule has 2 heterocycles. The van der Waals surface area contributed by atoms with Crippen LogP contribution in [0.4, 0.5) is 10.6 Å². The third kappa shape index (κ3) is 3.60. The normalized spacial score (nSPS) is 14.3. The molecule has 7 heteroatoms. The van der Waals surface area contributed by atoms with E-state index in [1.807, 2.05) is 30.3 Å². The quantitative estimate of drug-likeness (QED) is 0.510. The van der Waals surface area contributed by atoms with Crippen molar-refractivity contribution in [2.45, 2.75) is 19.3 Å². The summed E-state index contributed by atoms with van der Waals surface area (Å²) < 4.78 is 5.30. The fourth-order valence-electron chi connectivity index (χ4n) is 3.66. The van der Waals surface area contributed by atoms with E-state index in [2.05, 4.69) is 4.90 Å². The van der Waals surface area contributed by atoms with Crippen LogP contribution in [0, 0.1) is 0 Å². The van der Waals surface area contributed by atoms with Crippen LogP contribution < -0.4 is 9.64 Å². The number of halogens is 2. The lowest BCUT2D eigenvalue weighted by molar-refractivity contribution is 0.144. The van der Waals surface area contributed by atoms with Gasteiger partial charge in [-0.1, -0.05) is 53.5 Å². The zero-order chi connectivity index (χ0) is 19.7. The predicted octanol–water partition coefficient (Wildman–Crippen LogP) is 6.26. The van der Waals surface area contributed by atoms with E-state index in [9.17, 15) is 9.90 Å². The fraction of sp³-hybridized carbons (Fsp3) is 0.238. The summed E-state index contributed by atoms with van der Waals surface area (Å²) in [6, 6.07) is 12.9. The Bertz CT molecular complexity index is 1030. The maximum atomic E-state index is 11.5. The SMILES string of the molecule is O=C(O)Oc1c(N2CCCCC2)nc2c(Cl)cc(Cl)cc2c1-c1ccccc1. The van der Waals surface area contributed by atoms with E-state index >= 15 is 0 Å². The Hall–Kier alpha value is -2.50. The molecule has 0 aliphatic carbocycles. The smallest absolute Gasteiger partial charge is 0.449 e. The molecule has 0 spiro atoms. The monoisotopic (exact) mass is 416 g/mol. The first-order valence-electron chi connectivity index (χ1n) is 9.08. The summed E-state index contributed by atoms with van der Waals surface area (Å²) in [5, 5.41) is 10.9. The molecule has 0 amide bonds. The fourth-order valence-corrected chi connectivity index (χ4v) is 4.19. The highest BCUT2D eigenvalue weighted by Gasteiger charge is 2.26. The minimum absolute atomic E-state index is 0.214. The lowest BCUT2D eigenvalue weighted by Crippen LogP contribution is -2.31. The van der Waals surface area contributed by atoms with Gasteiger partial charge in [-0.3, -0.25) is 0 Å². The number of hydrogen-bond acceptors (Lipinski definition) is 4. The van der Waals surface area contributed by atoms with Crippen molar-refractivity contribution in [3.05, 3.63) is 52.5 Å². The number of carboxylic acid groups (broad SMARTS) is 1. The van der Waals surface area contributed by atoms with Gasteiger partial charge in [0.25, 0.3) is 0 Å². The molecule has 0 radical (unpaired) electrons. The van der Waals surface area contributed by atoms with Gasteiger partial charge in [0.2, 0.25) is 0 Å². The maximum absolute atomic E-state index is 11.5. The number of nitrogens with zero attached hydrogens (tertiary/aromatic N) is 2. The van der Waals surface area contributed by atoms with Gasteiger partial charge < -0.3 is 14.7 Å². The molecule has 0 atom stereocenters. The van der Waals surface area contributed by atoms with E-state index in [1.54, 1.807) is 12.1 Å². The van der Waals surface area contributed by atoms with Crippen LogP contribution in [-0.2, 0) is 0 Å². The Kier molecular flexibility index (Phi) is 5.29. The molecule has 3 aromatic rings. The molecule has 1 fully saturated rings. The van der Waals surface area contributed by atoms with Gasteiger partial charge >= 0.3 is 6.16 Å². The van der Waals surface area contributed by atoms with Gasteiger partial charge in [0.15, 0.2) is 11.6 Å². The standard InChI is InChI=1S/C21H18Cl2N2O3/c22-14-11-15-17(13-7-3-1-4-8-13)19(28-21(26)27)20(24-18(15)16(23)12-14)25-9-5-2-6-10-25/h1,3-4,7-8,11-12H,2,5-6,9-10H2,(H,26,27). The molecule has 1 N–H and O–H groups in total. The summed E-state index contributed by atoms with van der Waals surface area (Å²) in [5.41, 5.74) is 2.00. The molecule has 2 aromatic carbocycles. The van der Waals surface area contributed by atoms with Crippen molar-refractivity contribution in [1.29, 1.82) is 0 Å². The first kappa shape index (κ1) is 18.8. The van der Waals surface area contributed by atoms with Crippen LogP contribution in [-0.4, -0.2) is 29.3 Å². The van der Waals surface area contributed by atoms with E-state index < -0.39 is 6.16 Å². The number of anilines is 1. The molecule has 144 valence electrons. The van der Waals surface area contributed by atoms with Crippen LogP contribution in [0.5, 0.6) is 5.75 Å². The Labute approximate surface area is 172 Å². The lowest BCUT2D eigenvalue weighted by Gasteiger charge is -2.30. The summed E-state index contributed by atoms with van der Waals surface area (Å²) in [6.45, 7) is 1.57. The van der Waals surface area contributed by atoms with Crippen LogP contribution in [0.15, 0.2) is 42.5 Å². The second-order valence-electron chi connectivity index (χ2n) is 6.71. The van der Waals surface area contributed by atoms with Crippen LogP contribution in [0.3, 0.4) is 0 Å². The van der Waals surface area contributed by atoms with E-state index in [1.165, 1.54) is 0 Å². The summed E-state index contributed by atoms with van der Waals surface area (Å²) in [7, 11) is 0. The van der Waals surface area contributed by atoms with Crippen molar-refractivity contribution in [1.82, 2.24) is 4.98 Å². The maximum Gasteiger partial charge on any atom is 0.511 e. The first-order valence-corrected chi connectivity index (χ1v) is 9.84. The third-order valence-corrected chi connectivity index (χ3v) is 5.36. The highest BCUT2D eigenvalue weighted by molar-refractivity contribution is 6.39. The van der Waals surface area contributed by atoms with E-state index in [-0.39, 0.29) is 5.75 Å². The second-order valence-corrected chi connectivity index (χ2v) is 7.55. The largest absolute Gasteiger partial charge is 0.511 e. The first-order chi connectivity index (χ1) is 13.5. The summed E-state index contributed by atoms with van der Waals surface area (Å²) >= 11 is 12.7. The number of ether oxygens (including phenoxy) is 1. The van der Waals surface area contributed by atoms with Crippen molar-refractivity contribution < 1.29 is 14.6 Å². The van der Waals surface area contributed by atoms with Gasteiger partial charge in [-0.25, -0.2) is 9.78 Å². The highest BCUT2D eigenvalue weighted by atomic mass is 35.5. The lowest BCUT2D eigenvalue weighted by atomic mass is 9.99. The van der Waals surface area contributed by atoms with Gasteiger partial charge in [0, 0.05) is 29.1 Å². The number of fused-ring (bicyclic) bond motifs is 1. The van der Waals surface area contributed by atoms with Gasteiger partial charge in [0.1, 0.15) is 0 Å². The molecule has 1 aliphatic heterocycles. The number of pyridine rings is 1. The molecular formula is C21H18Cl2N2O3. The van der Waals surface area contributed by atoms with Crippen molar-refractivity contribution >= 4 is 46.1 Å². The molecule has 1 saturated heterocycles. The Morgan fingerprint density at radius 1 is 1.07 bits per heavy atom. The van der Waals surface area contributed by atoms with Crippen LogP contribution in [0.1, 0.15) is 19.3 Å². The number of rotatable bonds is 3. The van der Waals surface area contributed by atoms with Gasteiger partial charge in [-0.2, -0.15) is 0 Å². The minimum Gasteiger partial charge on any atom is -0.449 e. The highest BCUT2D eigenvalue weighted by Crippen LogP contribution is 2.45. The van der Waals surface area contributed by atoms with Gasteiger partial charge in [-0.15, -0.1) is 0 Å². The average Bonchev–Trinajstić information content (AvgIpc) is 2.68. The number of piperidine rings is 1. The molecular weight excluding hydrogens is 399 g/mol. The average molecular weight is 417 g/mol. The molecule has 0 bridgehead atoms. The Morgan fingerprint density at radius 2 is 1.79 bits per heavy atom. The topological polar surface area (TPSA) is 62.7 Å². The third-order valence-electron chi connectivity index (χ3n) is 4.85. The van der Waals surface area contributed by atoms with E-state index in [0.29, 0.717) is 32.3 Å². The molecule has 0 saturated carbocycles. The zero-order valence-electron chi connectivity index (χ0n) is 15.0. The van der Waals surface area contributed by atoms with Crippen LogP contribution in [0.2, 0.25) is 10.0 Å². The molecule has 1 aromatic heterocycles. The van der Waals surface area contributed by atoms with E-state index in [4.69, 9.17) is 32.9 Å². The summed E-state index contributed by atoms with van der Waals surface area (Å²) in [4.78, 5) is 18.3. The van der Waals surface area contributed by atoms with Crippen molar-refractivity contribution in [2.24, 2.45) is 0 Å². The number of benzene rings is 2. The number of hydrogen-bond donors (Lipinski definition) is 1. The van der Waals surface area contributed by atoms with Crippen molar-refractivity contribution in [3.8, 4) is 16.9 Å². The number of carbonyl (C=O) groups is 1. The van der Waals surface area contributed by atoms with Gasteiger partial charge in [-0.05, 0) is 37.0 Å². The summed E-state index contributed by atoms with van der Waals surface area (Å²) in [6.07, 6.45) is 1.79. The Morgan fingerprint density at radius 3 is 2.46 bits per heavy atom. The minimum atomic E-state index is -1.38. The van der Waals surface area contributed by atoms with Crippen molar-refractivity contribution in [2.75, 3.05) is 18.0 Å². The second kappa shape index (κ2) is 7.86. The van der Waals surface area contributed by atoms with E-state index in [0.717, 1.165) is 37.9 Å². The molecule has 1 aliphatic rings. The Balaban J connectivity index is 2.09. The van der Waals surface area contributed by atoms with Crippen LogP contribution >= 0.6 is 23.2 Å². The molecule has 5 nitrogen and oxygen atoms in total. The molecule has 4 rings (SSSR count). The van der Waals surface area contributed by atoms with Crippen LogP contribution in [0.25, 0.3) is 22.0 Å². The molecule has 28 heavy (non-hydrogen) atoms. The number of aromatic nitrogens is 1.